The maximum Gasteiger partial charge on any atom is 0.218 e. The van der Waals surface area contributed by atoms with Crippen LogP contribution in [0.4, 0.5) is 5.82 Å². The van der Waals surface area contributed by atoms with E-state index in [9.17, 15) is 0 Å². The van der Waals surface area contributed by atoms with Crippen LogP contribution in [-0.2, 0) is 0 Å². The van der Waals surface area contributed by atoms with Crippen LogP contribution in [0, 0.1) is 0 Å². The lowest BCUT2D eigenvalue weighted by Crippen LogP contribution is -2.31. The highest BCUT2D eigenvalue weighted by molar-refractivity contribution is 5.37. The van der Waals surface area contributed by atoms with E-state index < -0.39 is 0 Å². The first-order chi connectivity index (χ1) is 7.13. The fourth-order valence-electron chi connectivity index (χ4n) is 0.983. The summed E-state index contributed by atoms with van der Waals surface area (Å²) in [7, 11) is 5.69. The van der Waals surface area contributed by atoms with Crippen molar-refractivity contribution in [2.75, 3.05) is 33.1 Å². The van der Waals surface area contributed by atoms with Gasteiger partial charge < -0.3 is 15.0 Å². The van der Waals surface area contributed by atoms with Crippen LogP contribution in [0.25, 0.3) is 0 Å². The van der Waals surface area contributed by atoms with Crippen LogP contribution in [0.3, 0.4) is 0 Å². The summed E-state index contributed by atoms with van der Waals surface area (Å²) in [5.41, 5.74) is 0. The molecule has 5 heteroatoms. The van der Waals surface area contributed by atoms with Crippen LogP contribution in [-0.4, -0.2) is 48.7 Å². The van der Waals surface area contributed by atoms with Crippen molar-refractivity contribution in [1.29, 1.82) is 0 Å². The zero-order valence-corrected chi connectivity index (χ0v) is 9.69. The lowest BCUT2D eigenvalue weighted by atomic mass is 10.3. The quantitative estimate of drug-likeness (QED) is 0.780. The average molecular weight is 210 g/mol. The van der Waals surface area contributed by atoms with Gasteiger partial charge in [-0.15, -0.1) is 0 Å². The Morgan fingerprint density at radius 2 is 2.20 bits per heavy atom. The zero-order valence-electron chi connectivity index (χ0n) is 9.69. The van der Waals surface area contributed by atoms with E-state index in [-0.39, 0.29) is 0 Å². The fraction of sp³-hybridized carbons (Fsp3) is 0.600. The number of methoxy groups -OCH3 is 1. The fourth-order valence-corrected chi connectivity index (χ4v) is 0.983. The van der Waals surface area contributed by atoms with Gasteiger partial charge in [0.1, 0.15) is 12.1 Å². The van der Waals surface area contributed by atoms with Crippen molar-refractivity contribution in [3.05, 3.63) is 12.4 Å². The van der Waals surface area contributed by atoms with Crippen LogP contribution in [0.2, 0.25) is 0 Å². The van der Waals surface area contributed by atoms with Gasteiger partial charge >= 0.3 is 0 Å². The molecule has 1 aromatic rings. The van der Waals surface area contributed by atoms with E-state index in [2.05, 4.69) is 27.1 Å². The Kier molecular flexibility index (Phi) is 4.30. The van der Waals surface area contributed by atoms with Gasteiger partial charge in [0.25, 0.3) is 0 Å². The minimum Gasteiger partial charge on any atom is -0.481 e. The number of anilines is 1. The molecule has 0 amide bonds. The van der Waals surface area contributed by atoms with Gasteiger partial charge in [0.2, 0.25) is 5.88 Å². The molecule has 1 aromatic heterocycles. The Labute approximate surface area is 90.5 Å². The Morgan fingerprint density at radius 1 is 1.47 bits per heavy atom. The van der Waals surface area contributed by atoms with Gasteiger partial charge in [-0.3, -0.25) is 0 Å². The molecule has 84 valence electrons. The highest BCUT2D eigenvalue weighted by atomic mass is 16.5. The molecule has 0 fully saturated rings. The standard InChI is InChI=1S/C10H18N4O/c1-8(14(2)3)6-11-9-5-10(15-4)13-7-12-9/h5,7-8H,6H2,1-4H3,(H,11,12,13). The second-order valence-corrected chi connectivity index (χ2v) is 3.64. The molecule has 0 saturated heterocycles. The predicted octanol–water partition coefficient (Wildman–Crippen LogP) is 0.847. The molecule has 0 saturated carbocycles. The third-order valence-electron chi connectivity index (χ3n) is 2.31. The summed E-state index contributed by atoms with van der Waals surface area (Å²) in [4.78, 5) is 10.2. The smallest absolute Gasteiger partial charge is 0.218 e. The number of aromatic nitrogens is 2. The number of ether oxygens (including phenoxy) is 1. The molecule has 1 atom stereocenters. The highest BCUT2D eigenvalue weighted by Gasteiger charge is 2.04. The Bertz CT molecular complexity index is 303. The number of hydrogen-bond donors (Lipinski definition) is 1. The van der Waals surface area contributed by atoms with Gasteiger partial charge in [-0.2, -0.15) is 0 Å². The van der Waals surface area contributed by atoms with Gasteiger partial charge in [-0.05, 0) is 21.0 Å². The summed E-state index contributed by atoms with van der Waals surface area (Å²) in [6, 6.07) is 2.23. The molecule has 0 aliphatic carbocycles. The second-order valence-electron chi connectivity index (χ2n) is 3.64. The lowest BCUT2D eigenvalue weighted by molar-refractivity contribution is 0.326. The summed E-state index contributed by atoms with van der Waals surface area (Å²) in [6.07, 6.45) is 1.49. The number of rotatable bonds is 5. The topological polar surface area (TPSA) is 50.3 Å². The van der Waals surface area contributed by atoms with Gasteiger partial charge in [-0.25, -0.2) is 9.97 Å². The largest absolute Gasteiger partial charge is 0.481 e. The first-order valence-corrected chi connectivity index (χ1v) is 4.90. The molecule has 5 nitrogen and oxygen atoms in total. The third kappa shape index (κ3) is 3.71. The highest BCUT2D eigenvalue weighted by Crippen LogP contribution is 2.09. The summed E-state index contributed by atoms with van der Waals surface area (Å²) in [6.45, 7) is 2.98. The minimum atomic E-state index is 0.450. The molecular weight excluding hydrogens is 192 g/mol. The number of likely N-dealkylation sites (N-methyl/N-ethyl adjacent to an activating group) is 1. The SMILES string of the molecule is COc1cc(NCC(C)N(C)C)ncn1. The van der Waals surface area contributed by atoms with Crippen LogP contribution < -0.4 is 10.1 Å². The first kappa shape index (κ1) is 11.7. The van der Waals surface area contributed by atoms with E-state index in [1.807, 2.05) is 14.1 Å². The summed E-state index contributed by atoms with van der Waals surface area (Å²) >= 11 is 0. The lowest BCUT2D eigenvalue weighted by Gasteiger charge is -2.20. The van der Waals surface area contributed by atoms with Crippen molar-refractivity contribution in [3.63, 3.8) is 0 Å². The van der Waals surface area contributed by atoms with Gasteiger partial charge in [0.15, 0.2) is 0 Å². The molecule has 0 aliphatic heterocycles. The zero-order chi connectivity index (χ0) is 11.3. The van der Waals surface area contributed by atoms with Crippen LogP contribution in [0.5, 0.6) is 5.88 Å². The van der Waals surface area contributed by atoms with Crippen molar-refractivity contribution in [3.8, 4) is 5.88 Å². The van der Waals surface area contributed by atoms with E-state index in [0.29, 0.717) is 11.9 Å². The predicted molar refractivity (Wildman–Crippen MR) is 60.2 cm³/mol. The van der Waals surface area contributed by atoms with Crippen LogP contribution >= 0.6 is 0 Å². The molecule has 1 unspecified atom stereocenters. The van der Waals surface area contributed by atoms with Crippen LogP contribution in [0.1, 0.15) is 6.92 Å². The third-order valence-corrected chi connectivity index (χ3v) is 2.31. The molecular formula is C10H18N4O. The summed E-state index contributed by atoms with van der Waals surface area (Å²) < 4.78 is 5.01. The molecule has 1 rings (SSSR count). The molecule has 0 aliphatic rings. The van der Waals surface area contributed by atoms with Gasteiger partial charge in [0, 0.05) is 18.7 Å². The Hall–Kier alpha value is -1.36. The van der Waals surface area contributed by atoms with Crippen molar-refractivity contribution in [2.45, 2.75) is 13.0 Å². The van der Waals surface area contributed by atoms with Crippen molar-refractivity contribution >= 4 is 5.82 Å². The molecule has 0 radical (unpaired) electrons. The van der Waals surface area contributed by atoms with E-state index in [1.165, 1.54) is 6.33 Å². The normalized spacial score (nSPS) is 12.6. The van der Waals surface area contributed by atoms with E-state index in [0.717, 1.165) is 12.4 Å². The Balaban J connectivity index is 2.50. The average Bonchev–Trinajstić information content (AvgIpc) is 2.26. The molecule has 0 spiro atoms. The van der Waals surface area contributed by atoms with Crippen molar-refractivity contribution in [1.82, 2.24) is 14.9 Å². The van der Waals surface area contributed by atoms with Crippen molar-refractivity contribution in [2.24, 2.45) is 0 Å². The maximum absolute atomic E-state index is 5.01. The van der Waals surface area contributed by atoms with E-state index >= 15 is 0 Å². The van der Waals surface area contributed by atoms with E-state index in [1.54, 1.807) is 13.2 Å². The molecule has 0 bridgehead atoms. The first-order valence-electron chi connectivity index (χ1n) is 4.90. The van der Waals surface area contributed by atoms with Crippen molar-refractivity contribution < 1.29 is 4.74 Å². The second kappa shape index (κ2) is 5.50. The minimum absolute atomic E-state index is 0.450. The Morgan fingerprint density at radius 3 is 2.80 bits per heavy atom. The molecule has 0 aromatic carbocycles. The van der Waals surface area contributed by atoms with Gasteiger partial charge in [0.05, 0.1) is 7.11 Å². The number of hydrogen-bond acceptors (Lipinski definition) is 5. The summed E-state index contributed by atoms with van der Waals surface area (Å²) in [5.74, 6) is 1.36. The summed E-state index contributed by atoms with van der Waals surface area (Å²) in [5, 5.41) is 3.23. The number of nitrogens with zero attached hydrogens (tertiary/aromatic N) is 3. The number of nitrogens with one attached hydrogen (secondary N) is 1. The monoisotopic (exact) mass is 210 g/mol. The molecule has 1 N–H and O–H groups in total. The van der Waals surface area contributed by atoms with Crippen LogP contribution in [0.15, 0.2) is 12.4 Å². The maximum atomic E-state index is 5.01. The van der Waals surface area contributed by atoms with Gasteiger partial charge in [-0.1, -0.05) is 0 Å². The van der Waals surface area contributed by atoms with E-state index in [4.69, 9.17) is 4.74 Å². The molecule has 15 heavy (non-hydrogen) atoms. The molecule has 1 heterocycles.